The monoisotopic (exact) mass is 457 g/mol. The topological polar surface area (TPSA) is 99.2 Å². The molecule has 0 aliphatic rings. The first-order valence-corrected chi connectivity index (χ1v) is 11.7. The first kappa shape index (κ1) is 20.8. The molecule has 0 fully saturated rings. The van der Waals surface area contributed by atoms with E-state index in [1.165, 1.54) is 6.20 Å². The van der Waals surface area contributed by atoms with Gasteiger partial charge in [0.2, 0.25) is 15.6 Å². The molecule has 0 aliphatic carbocycles. The zero-order valence-corrected chi connectivity index (χ0v) is 18.3. The fourth-order valence-corrected chi connectivity index (χ4v) is 4.80. The highest BCUT2D eigenvalue weighted by Crippen LogP contribution is 2.23. The van der Waals surface area contributed by atoms with Crippen LogP contribution in [-0.4, -0.2) is 38.1 Å². The van der Waals surface area contributed by atoms with Crippen LogP contribution in [0.25, 0.3) is 11.5 Å². The van der Waals surface area contributed by atoms with Crippen molar-refractivity contribution in [1.29, 1.82) is 0 Å². The lowest BCUT2D eigenvalue weighted by molar-refractivity contribution is 0.0982. The quantitative estimate of drug-likeness (QED) is 0.347. The molecule has 0 unspecified atom stereocenters. The van der Waals surface area contributed by atoms with Gasteiger partial charge in [-0.3, -0.25) is 9.20 Å². The predicted octanol–water partition coefficient (Wildman–Crippen LogP) is 3.56. The Morgan fingerprint density at radius 2 is 1.61 bits per heavy atom. The number of Topliss-reactive ketones (excluding diaryl/α,β-unsaturated/α-hetero) is 1. The van der Waals surface area contributed by atoms with Crippen LogP contribution in [0.4, 0.5) is 0 Å². The minimum atomic E-state index is -3.64. The number of ketones is 1. The van der Waals surface area contributed by atoms with Crippen molar-refractivity contribution in [2.45, 2.75) is 22.6 Å². The minimum absolute atomic E-state index is 0.0345. The molecule has 33 heavy (non-hydrogen) atoms. The zero-order valence-electron chi connectivity index (χ0n) is 17.4. The third-order valence-electron chi connectivity index (χ3n) is 5.39. The summed E-state index contributed by atoms with van der Waals surface area (Å²) in [5.41, 5.74) is 2.22. The highest BCUT2D eigenvalue weighted by atomic mass is 32.2. The first-order chi connectivity index (χ1) is 16.0. The number of sulfone groups is 1. The average Bonchev–Trinajstić information content (AvgIpc) is 3.55. The van der Waals surface area contributed by atoms with Crippen LogP contribution < -0.4 is 0 Å². The second-order valence-electron chi connectivity index (χ2n) is 7.51. The summed E-state index contributed by atoms with van der Waals surface area (Å²) in [5.74, 6) is 0.507. The Labute approximate surface area is 190 Å². The Kier molecular flexibility index (Phi) is 5.31. The van der Waals surface area contributed by atoms with Crippen LogP contribution in [0.1, 0.15) is 22.3 Å². The molecule has 5 rings (SSSR count). The van der Waals surface area contributed by atoms with E-state index in [0.717, 1.165) is 11.3 Å². The van der Waals surface area contributed by atoms with E-state index in [9.17, 15) is 13.2 Å². The second-order valence-corrected chi connectivity index (χ2v) is 9.46. The largest absolute Gasteiger partial charge is 0.306 e. The number of carbonyl (C=O) groups is 1. The van der Waals surface area contributed by atoms with Gasteiger partial charge in [-0.25, -0.2) is 23.4 Å². The summed E-state index contributed by atoms with van der Waals surface area (Å²) in [6.45, 7) is 0. The van der Waals surface area contributed by atoms with Gasteiger partial charge in [0.1, 0.15) is 0 Å². The van der Waals surface area contributed by atoms with E-state index in [-0.39, 0.29) is 15.6 Å². The molecule has 9 heteroatoms. The summed E-state index contributed by atoms with van der Waals surface area (Å²) >= 11 is 0. The lowest BCUT2D eigenvalue weighted by Gasteiger charge is -2.08. The van der Waals surface area contributed by atoms with Crippen LogP contribution in [0.2, 0.25) is 0 Å². The molecule has 5 aromatic rings. The molecule has 0 amide bonds. The number of hydrogen-bond acceptors (Lipinski definition) is 6. The van der Waals surface area contributed by atoms with E-state index >= 15 is 0 Å². The maximum absolute atomic E-state index is 13.0. The third kappa shape index (κ3) is 4.18. The molecule has 0 aliphatic heterocycles. The number of hydrogen-bond donors (Lipinski definition) is 0. The zero-order chi connectivity index (χ0) is 22.8. The van der Waals surface area contributed by atoms with Gasteiger partial charge < -0.3 is 4.57 Å². The van der Waals surface area contributed by atoms with Crippen molar-refractivity contribution >= 4 is 21.4 Å². The lowest BCUT2D eigenvalue weighted by atomic mass is 10.0. The average molecular weight is 458 g/mol. The number of aromatic nitrogens is 5. The van der Waals surface area contributed by atoms with Gasteiger partial charge in [-0.2, -0.15) is 0 Å². The van der Waals surface area contributed by atoms with E-state index in [1.54, 1.807) is 94.8 Å². The van der Waals surface area contributed by atoms with E-state index in [1.807, 2.05) is 0 Å². The molecule has 164 valence electrons. The summed E-state index contributed by atoms with van der Waals surface area (Å²) in [7, 11) is -3.64. The van der Waals surface area contributed by atoms with Crippen LogP contribution in [-0.2, 0) is 16.3 Å². The van der Waals surface area contributed by atoms with E-state index in [4.69, 9.17) is 0 Å². The number of nitrogens with zero attached hydrogens (tertiary/aromatic N) is 5. The van der Waals surface area contributed by atoms with Gasteiger partial charge >= 0.3 is 0 Å². The molecule has 0 radical (unpaired) electrons. The van der Waals surface area contributed by atoms with Crippen molar-refractivity contribution in [1.82, 2.24) is 23.9 Å². The highest BCUT2D eigenvalue weighted by Gasteiger charge is 2.18. The van der Waals surface area contributed by atoms with Gasteiger partial charge in [-0.15, -0.1) is 0 Å². The number of aryl methyl sites for hydroxylation is 1. The number of rotatable bonds is 7. The smallest absolute Gasteiger partial charge is 0.233 e. The van der Waals surface area contributed by atoms with Crippen LogP contribution in [0.15, 0.2) is 102 Å². The standard InChI is InChI=1S/C24H19N5O3S/c30-23(19-15-27-24-26-12-14-28(24)16-19)10-3-18-1-6-21(7-2-18)33(31,32)22-8-4-20(5-9-22)29-13-11-25-17-29/h1-2,4-9,11-17H,3,10H2. The Bertz CT molecular complexity index is 1520. The van der Waals surface area contributed by atoms with E-state index in [2.05, 4.69) is 15.0 Å². The molecule has 3 heterocycles. The maximum atomic E-state index is 13.0. The molecule has 8 nitrogen and oxygen atoms in total. The molecule has 3 aromatic heterocycles. The number of fused-ring (bicyclic) bond motifs is 1. The van der Waals surface area contributed by atoms with Crippen molar-refractivity contribution in [2.75, 3.05) is 0 Å². The molecule has 0 saturated carbocycles. The fraction of sp³-hybridized carbons (Fsp3) is 0.0833. The van der Waals surface area contributed by atoms with Crippen LogP contribution >= 0.6 is 0 Å². The predicted molar refractivity (Wildman–Crippen MR) is 121 cm³/mol. The van der Waals surface area contributed by atoms with Crippen LogP contribution in [0.3, 0.4) is 0 Å². The molecule has 0 saturated heterocycles. The van der Waals surface area contributed by atoms with Gasteiger partial charge in [0.25, 0.3) is 0 Å². The third-order valence-corrected chi connectivity index (χ3v) is 7.18. The summed E-state index contributed by atoms with van der Waals surface area (Å²) in [6.07, 6.45) is 12.5. The Hall–Kier alpha value is -4.11. The normalized spacial score (nSPS) is 11.6. The molecular weight excluding hydrogens is 438 g/mol. The Morgan fingerprint density at radius 1 is 0.879 bits per heavy atom. The van der Waals surface area contributed by atoms with Gasteiger partial charge in [0, 0.05) is 49.3 Å². The van der Waals surface area contributed by atoms with Crippen LogP contribution in [0.5, 0.6) is 0 Å². The maximum Gasteiger partial charge on any atom is 0.233 e. The Balaban J connectivity index is 1.27. The molecule has 2 aromatic carbocycles. The fourth-order valence-electron chi connectivity index (χ4n) is 3.54. The molecule has 0 N–H and O–H groups in total. The summed E-state index contributed by atoms with van der Waals surface area (Å²) in [4.78, 5) is 25.2. The number of benzene rings is 2. The number of carbonyl (C=O) groups excluding carboxylic acids is 1. The van der Waals surface area contributed by atoms with Gasteiger partial charge in [-0.1, -0.05) is 12.1 Å². The highest BCUT2D eigenvalue weighted by molar-refractivity contribution is 7.91. The summed E-state index contributed by atoms with van der Waals surface area (Å²) in [5, 5.41) is 0. The van der Waals surface area contributed by atoms with E-state index < -0.39 is 9.84 Å². The van der Waals surface area contributed by atoms with Crippen molar-refractivity contribution in [2.24, 2.45) is 0 Å². The SMILES string of the molecule is O=C(CCc1ccc(S(=O)(=O)c2ccc(-n3ccnc3)cc2)cc1)c1cnc2nccn2c1. The molecule has 0 spiro atoms. The molecule has 0 atom stereocenters. The summed E-state index contributed by atoms with van der Waals surface area (Å²) in [6, 6.07) is 13.3. The van der Waals surface area contributed by atoms with E-state index in [0.29, 0.717) is 24.2 Å². The first-order valence-electron chi connectivity index (χ1n) is 10.2. The number of imidazole rings is 2. The van der Waals surface area contributed by atoms with Crippen molar-refractivity contribution in [3.05, 3.63) is 103 Å². The molecular formula is C24H19N5O3S. The molecule has 0 bridgehead atoms. The van der Waals surface area contributed by atoms with Crippen molar-refractivity contribution in [3.63, 3.8) is 0 Å². The van der Waals surface area contributed by atoms with Gasteiger partial charge in [0.15, 0.2) is 5.78 Å². The van der Waals surface area contributed by atoms with Gasteiger partial charge in [0.05, 0.1) is 21.7 Å². The minimum Gasteiger partial charge on any atom is -0.306 e. The van der Waals surface area contributed by atoms with Crippen molar-refractivity contribution in [3.8, 4) is 5.69 Å². The van der Waals surface area contributed by atoms with Crippen molar-refractivity contribution < 1.29 is 13.2 Å². The second kappa shape index (κ2) is 8.44. The Morgan fingerprint density at radius 3 is 2.30 bits per heavy atom. The van der Waals surface area contributed by atoms with Gasteiger partial charge in [-0.05, 0) is 48.4 Å². The lowest BCUT2D eigenvalue weighted by Crippen LogP contribution is -2.05. The summed E-state index contributed by atoms with van der Waals surface area (Å²) < 4.78 is 29.5. The van der Waals surface area contributed by atoms with Crippen LogP contribution in [0, 0.1) is 0 Å².